The van der Waals surface area contributed by atoms with E-state index in [1.807, 2.05) is 0 Å². The van der Waals surface area contributed by atoms with E-state index < -0.39 is 10.0 Å². The van der Waals surface area contributed by atoms with Crippen LogP contribution in [0.25, 0.3) is 0 Å². The van der Waals surface area contributed by atoms with Gasteiger partial charge in [0.05, 0.1) is 0 Å². The molecule has 2 unspecified atom stereocenters. The monoisotopic (exact) mass is 338 g/mol. The Kier molecular flexibility index (Phi) is 4.07. The molecule has 1 aromatic rings. The first-order chi connectivity index (χ1) is 7.99. The molecule has 1 N–H and O–H groups in total. The van der Waals surface area contributed by atoms with Crippen LogP contribution in [0, 0.1) is 0 Å². The lowest BCUT2D eigenvalue weighted by Gasteiger charge is -2.15. The van der Waals surface area contributed by atoms with E-state index in [9.17, 15) is 8.42 Å². The molecule has 1 saturated carbocycles. The molecule has 0 amide bonds. The van der Waals surface area contributed by atoms with Crippen LogP contribution < -0.4 is 4.72 Å². The Morgan fingerprint density at radius 1 is 1.41 bits per heavy atom. The summed E-state index contributed by atoms with van der Waals surface area (Å²) in [6.07, 6.45) is 5.46. The van der Waals surface area contributed by atoms with Crippen molar-refractivity contribution in [1.82, 2.24) is 9.71 Å². The summed E-state index contributed by atoms with van der Waals surface area (Å²) in [6, 6.07) is 1.34. The van der Waals surface area contributed by atoms with Crippen LogP contribution in [0.1, 0.15) is 19.3 Å². The Labute approximate surface area is 114 Å². The van der Waals surface area contributed by atoms with Crippen molar-refractivity contribution in [3.8, 4) is 0 Å². The molecule has 1 aromatic heterocycles. The minimum absolute atomic E-state index is 0.120. The maximum Gasteiger partial charge on any atom is 0.242 e. The van der Waals surface area contributed by atoms with Gasteiger partial charge in [-0.2, -0.15) is 0 Å². The van der Waals surface area contributed by atoms with Gasteiger partial charge in [0.25, 0.3) is 0 Å². The van der Waals surface area contributed by atoms with Crippen molar-refractivity contribution < 1.29 is 8.42 Å². The second-order valence-corrected chi connectivity index (χ2v) is 7.20. The third kappa shape index (κ3) is 3.19. The molecule has 0 spiro atoms. The zero-order valence-electron chi connectivity index (χ0n) is 8.94. The van der Waals surface area contributed by atoms with Gasteiger partial charge in [-0.1, -0.05) is 6.42 Å². The van der Waals surface area contributed by atoms with Crippen molar-refractivity contribution in [3.05, 3.63) is 22.9 Å². The standard InChI is InChI=1S/C10H12BrClN2O2S/c11-7-4-8(6-13-5-7)17(15,16)14-10-3-1-2-9(10)12/h4-6,9-10,14H,1-3H2. The van der Waals surface area contributed by atoms with Crippen LogP contribution in [-0.4, -0.2) is 24.8 Å². The third-order valence-corrected chi connectivity index (χ3v) is 5.14. The molecular weight excluding hydrogens is 328 g/mol. The number of rotatable bonds is 3. The van der Waals surface area contributed by atoms with E-state index in [1.165, 1.54) is 12.3 Å². The predicted octanol–water partition coefficient (Wildman–Crippen LogP) is 2.28. The Bertz CT molecular complexity index is 509. The van der Waals surface area contributed by atoms with Crippen molar-refractivity contribution in [1.29, 1.82) is 0 Å². The van der Waals surface area contributed by atoms with E-state index in [4.69, 9.17) is 11.6 Å². The average molecular weight is 340 g/mol. The summed E-state index contributed by atoms with van der Waals surface area (Å²) in [6.45, 7) is 0. The van der Waals surface area contributed by atoms with Crippen LogP contribution in [-0.2, 0) is 10.0 Å². The fourth-order valence-corrected chi connectivity index (χ4v) is 4.09. The largest absolute Gasteiger partial charge is 0.262 e. The topological polar surface area (TPSA) is 59.1 Å². The van der Waals surface area contributed by atoms with Crippen molar-refractivity contribution in [3.63, 3.8) is 0 Å². The number of nitrogens with one attached hydrogen (secondary N) is 1. The highest BCUT2D eigenvalue weighted by Crippen LogP contribution is 2.25. The average Bonchev–Trinajstić information content (AvgIpc) is 2.64. The smallest absolute Gasteiger partial charge is 0.242 e. The minimum Gasteiger partial charge on any atom is -0.262 e. The van der Waals surface area contributed by atoms with E-state index >= 15 is 0 Å². The fraction of sp³-hybridized carbons (Fsp3) is 0.500. The SMILES string of the molecule is O=S(=O)(NC1CCCC1Cl)c1cncc(Br)c1. The summed E-state index contributed by atoms with van der Waals surface area (Å²) in [5, 5.41) is -0.120. The second kappa shape index (κ2) is 5.22. The van der Waals surface area contributed by atoms with Crippen LogP contribution in [0.3, 0.4) is 0 Å². The van der Waals surface area contributed by atoms with Gasteiger partial charge in [0, 0.05) is 28.3 Å². The maximum atomic E-state index is 12.1. The van der Waals surface area contributed by atoms with Gasteiger partial charge in [-0.3, -0.25) is 4.98 Å². The number of alkyl halides is 1. The molecule has 1 heterocycles. The lowest BCUT2D eigenvalue weighted by atomic mass is 10.3. The number of aromatic nitrogens is 1. The highest BCUT2D eigenvalue weighted by Gasteiger charge is 2.29. The molecule has 4 nitrogen and oxygen atoms in total. The highest BCUT2D eigenvalue weighted by atomic mass is 79.9. The zero-order valence-corrected chi connectivity index (χ0v) is 12.1. The molecule has 94 valence electrons. The van der Waals surface area contributed by atoms with E-state index in [0.717, 1.165) is 19.3 Å². The fourth-order valence-electron chi connectivity index (χ4n) is 1.85. The Hall–Kier alpha value is -0.170. The van der Waals surface area contributed by atoms with E-state index in [-0.39, 0.29) is 16.3 Å². The minimum atomic E-state index is -3.53. The van der Waals surface area contributed by atoms with E-state index in [1.54, 1.807) is 6.20 Å². The van der Waals surface area contributed by atoms with Gasteiger partial charge >= 0.3 is 0 Å². The third-order valence-electron chi connectivity index (χ3n) is 2.73. The lowest BCUT2D eigenvalue weighted by molar-refractivity contribution is 0.553. The summed E-state index contributed by atoms with van der Waals surface area (Å²) >= 11 is 9.25. The Morgan fingerprint density at radius 3 is 2.76 bits per heavy atom. The molecule has 0 saturated heterocycles. The van der Waals surface area contributed by atoms with Gasteiger partial charge in [-0.15, -0.1) is 11.6 Å². The first kappa shape index (κ1) is 13.3. The molecule has 17 heavy (non-hydrogen) atoms. The number of pyridine rings is 1. The Balaban J connectivity index is 2.19. The van der Waals surface area contributed by atoms with Crippen LogP contribution >= 0.6 is 27.5 Å². The number of halogens is 2. The molecule has 7 heteroatoms. The quantitative estimate of drug-likeness (QED) is 0.860. The number of sulfonamides is 1. The number of hydrogen-bond acceptors (Lipinski definition) is 3. The van der Waals surface area contributed by atoms with Crippen molar-refractivity contribution in [2.75, 3.05) is 0 Å². The van der Waals surface area contributed by atoms with Crippen LogP contribution in [0.4, 0.5) is 0 Å². The summed E-state index contributed by atoms with van der Waals surface area (Å²) in [5.74, 6) is 0. The first-order valence-electron chi connectivity index (χ1n) is 5.26. The zero-order chi connectivity index (χ0) is 12.5. The molecule has 2 atom stereocenters. The molecule has 2 rings (SSSR count). The van der Waals surface area contributed by atoms with Gasteiger partial charge in [-0.25, -0.2) is 13.1 Å². The van der Waals surface area contributed by atoms with Gasteiger partial charge in [0.1, 0.15) is 4.90 Å². The number of nitrogens with zero attached hydrogens (tertiary/aromatic N) is 1. The second-order valence-electron chi connectivity index (χ2n) is 4.01. The normalized spacial score (nSPS) is 25.1. The summed E-state index contributed by atoms with van der Waals surface area (Å²) < 4.78 is 27.4. The van der Waals surface area contributed by atoms with Crippen molar-refractivity contribution in [2.45, 2.75) is 35.6 Å². The van der Waals surface area contributed by atoms with E-state index in [0.29, 0.717) is 4.47 Å². The number of hydrogen-bond donors (Lipinski definition) is 1. The summed E-state index contributed by atoms with van der Waals surface area (Å²) in [4.78, 5) is 4.00. The van der Waals surface area contributed by atoms with Crippen molar-refractivity contribution >= 4 is 37.6 Å². The van der Waals surface area contributed by atoms with Gasteiger partial charge in [0.2, 0.25) is 10.0 Å². The van der Waals surface area contributed by atoms with Crippen molar-refractivity contribution in [2.24, 2.45) is 0 Å². The lowest BCUT2D eigenvalue weighted by Crippen LogP contribution is -2.37. The highest BCUT2D eigenvalue weighted by molar-refractivity contribution is 9.10. The summed E-state index contributed by atoms with van der Waals surface area (Å²) in [5.41, 5.74) is 0. The van der Waals surface area contributed by atoms with Gasteiger partial charge in [0.15, 0.2) is 0 Å². The van der Waals surface area contributed by atoms with E-state index in [2.05, 4.69) is 25.6 Å². The van der Waals surface area contributed by atoms with Crippen LogP contribution in [0.2, 0.25) is 0 Å². The van der Waals surface area contributed by atoms with Crippen LogP contribution in [0.5, 0.6) is 0 Å². The Morgan fingerprint density at radius 2 is 2.18 bits per heavy atom. The molecule has 0 bridgehead atoms. The molecule has 1 fully saturated rings. The maximum absolute atomic E-state index is 12.1. The first-order valence-corrected chi connectivity index (χ1v) is 7.97. The van der Waals surface area contributed by atoms with Gasteiger partial charge < -0.3 is 0 Å². The molecule has 1 aliphatic rings. The molecule has 0 aromatic carbocycles. The molecular formula is C10H12BrClN2O2S. The van der Waals surface area contributed by atoms with Gasteiger partial charge in [-0.05, 0) is 34.8 Å². The molecule has 0 radical (unpaired) electrons. The molecule has 1 aliphatic carbocycles. The molecule has 0 aliphatic heterocycles. The predicted molar refractivity (Wildman–Crippen MR) is 69.5 cm³/mol. The van der Waals surface area contributed by atoms with Crippen LogP contribution in [0.15, 0.2) is 27.8 Å². The summed E-state index contributed by atoms with van der Waals surface area (Å²) in [7, 11) is -3.53.